The highest BCUT2D eigenvalue weighted by molar-refractivity contribution is 7.47. The molecule has 0 saturated heterocycles. The van der Waals surface area contributed by atoms with Gasteiger partial charge in [0.25, 0.3) is 0 Å². The molecule has 426 valence electrons. The fourth-order valence-corrected chi connectivity index (χ4v) is 9.63. The lowest BCUT2D eigenvalue weighted by Gasteiger charge is -2.25. The third-order valence-corrected chi connectivity index (χ3v) is 14.7. The zero-order valence-corrected chi connectivity index (χ0v) is 49.5. The van der Waals surface area contributed by atoms with Crippen LogP contribution in [-0.2, 0) is 18.4 Å². The Morgan fingerprint density at radius 2 is 0.822 bits per heavy atom. The number of hydrogen-bond donors (Lipinski definition) is 3. The van der Waals surface area contributed by atoms with Crippen LogP contribution in [0.15, 0.2) is 72.9 Å². The summed E-state index contributed by atoms with van der Waals surface area (Å²) in [5, 5.41) is 13.9. The molecule has 3 unspecified atom stereocenters. The molecule has 0 rings (SSSR count). The van der Waals surface area contributed by atoms with Gasteiger partial charge < -0.3 is 19.8 Å². The number of aliphatic hydroxyl groups is 1. The van der Waals surface area contributed by atoms with Gasteiger partial charge in [0.05, 0.1) is 39.9 Å². The minimum Gasteiger partial charge on any atom is -0.387 e. The smallest absolute Gasteiger partial charge is 0.387 e. The van der Waals surface area contributed by atoms with Gasteiger partial charge in [-0.3, -0.25) is 13.8 Å². The van der Waals surface area contributed by atoms with Gasteiger partial charge >= 0.3 is 7.82 Å². The van der Waals surface area contributed by atoms with E-state index in [0.29, 0.717) is 17.4 Å². The Morgan fingerprint density at radius 3 is 1.21 bits per heavy atom. The van der Waals surface area contributed by atoms with E-state index in [9.17, 15) is 19.4 Å². The lowest BCUT2D eigenvalue weighted by Crippen LogP contribution is -2.45. The third kappa shape index (κ3) is 57.5. The number of hydrogen-bond acceptors (Lipinski definition) is 5. The average molecular weight is 1040 g/mol. The van der Waals surface area contributed by atoms with E-state index in [2.05, 4.69) is 79.9 Å². The molecule has 0 aromatic rings. The number of nitrogens with zero attached hydrogens (tertiary/aromatic N) is 1. The van der Waals surface area contributed by atoms with Crippen molar-refractivity contribution in [2.45, 2.75) is 289 Å². The van der Waals surface area contributed by atoms with E-state index in [1.54, 1.807) is 6.08 Å². The van der Waals surface area contributed by atoms with Crippen molar-refractivity contribution < 1.29 is 32.9 Å². The number of carbonyl (C=O) groups is 1. The molecule has 0 radical (unpaired) electrons. The quantitative estimate of drug-likeness (QED) is 0.0243. The van der Waals surface area contributed by atoms with E-state index in [4.69, 9.17) is 9.05 Å². The number of amides is 1. The number of allylic oxidation sites excluding steroid dienone is 11. The van der Waals surface area contributed by atoms with Crippen molar-refractivity contribution in [2.75, 3.05) is 40.9 Å². The van der Waals surface area contributed by atoms with Crippen LogP contribution in [0.4, 0.5) is 0 Å². The molecule has 0 aromatic heterocycles. The number of phosphoric ester groups is 1. The summed E-state index contributed by atoms with van der Waals surface area (Å²) < 4.78 is 23.7. The monoisotopic (exact) mass is 1040 g/mol. The van der Waals surface area contributed by atoms with Crippen LogP contribution in [0.5, 0.6) is 0 Å². The van der Waals surface area contributed by atoms with E-state index < -0.39 is 20.0 Å². The van der Waals surface area contributed by atoms with Crippen LogP contribution in [0.3, 0.4) is 0 Å². The molecule has 0 aliphatic carbocycles. The first-order chi connectivity index (χ1) is 35.5. The third-order valence-electron chi connectivity index (χ3n) is 13.7. The van der Waals surface area contributed by atoms with Gasteiger partial charge in [-0.2, -0.15) is 0 Å². The molecule has 0 aromatic carbocycles. The number of unbranched alkanes of at least 4 members (excludes halogenated alkanes) is 33. The Labute approximate surface area is 453 Å². The van der Waals surface area contributed by atoms with Gasteiger partial charge in [-0.05, 0) is 64.2 Å². The van der Waals surface area contributed by atoms with Gasteiger partial charge in [0, 0.05) is 6.42 Å². The van der Waals surface area contributed by atoms with Crippen molar-refractivity contribution >= 4 is 13.7 Å². The van der Waals surface area contributed by atoms with Crippen LogP contribution in [0, 0.1) is 0 Å². The summed E-state index contributed by atoms with van der Waals surface area (Å²) in [6, 6.07) is -0.845. The molecule has 0 saturated carbocycles. The standard InChI is InChI=1S/C64H119N2O6P/c1-6-8-10-12-14-16-18-20-21-22-23-24-25-26-27-28-29-30-31-32-33-34-35-36-37-38-39-40-41-42-43-44-45-46-48-50-52-54-56-58-64(68)65-62(61-72-73(69,70)71-60-59-66(3,4)5)63(67)57-55-53-51-49-47-19-17-15-13-11-9-7-2/h8,10,14,16,20-21,23-24,26-27,55,57,62-63,67H,6-7,9,11-13,15,17-19,22,25,28-54,56,58-61H2,1-5H3,(H-,65,68,69,70)/p+1/b10-8-,16-14-,21-20-,24-23-,27-26-,57-55+. The fraction of sp³-hybridized carbons (Fsp3) is 0.797. The highest BCUT2D eigenvalue weighted by Gasteiger charge is 2.27. The lowest BCUT2D eigenvalue weighted by atomic mass is 10.0. The van der Waals surface area contributed by atoms with E-state index in [1.807, 2.05) is 27.2 Å². The Balaban J connectivity index is 3.89. The van der Waals surface area contributed by atoms with E-state index >= 15 is 0 Å². The molecule has 3 N–H and O–H groups in total. The lowest BCUT2D eigenvalue weighted by molar-refractivity contribution is -0.870. The SMILES string of the molecule is CC/C=C\C/C=C\C/C=C\C/C=C\C/C=C\CCCCCCCCCCCCCCCCCCCCCCCCCC(=O)NC(COP(=O)(O)OCC[N+](C)(C)C)C(O)/C=C/CCCCCCCCCCCC. The maximum atomic E-state index is 13.0. The molecule has 73 heavy (non-hydrogen) atoms. The summed E-state index contributed by atoms with van der Waals surface area (Å²) >= 11 is 0. The zero-order valence-electron chi connectivity index (χ0n) is 48.6. The van der Waals surface area contributed by atoms with Crippen LogP contribution < -0.4 is 5.32 Å². The predicted octanol–water partition coefficient (Wildman–Crippen LogP) is 19.0. The Morgan fingerprint density at radius 1 is 0.479 bits per heavy atom. The molecule has 0 spiro atoms. The van der Waals surface area contributed by atoms with Gasteiger partial charge in [-0.1, -0.05) is 279 Å². The van der Waals surface area contributed by atoms with Gasteiger partial charge in [0.1, 0.15) is 13.2 Å². The first-order valence-electron chi connectivity index (χ1n) is 30.8. The molecule has 3 atom stereocenters. The van der Waals surface area contributed by atoms with Crippen molar-refractivity contribution in [3.63, 3.8) is 0 Å². The van der Waals surface area contributed by atoms with Gasteiger partial charge in [-0.25, -0.2) is 4.57 Å². The zero-order chi connectivity index (χ0) is 53.5. The van der Waals surface area contributed by atoms with Crippen LogP contribution in [0.2, 0.25) is 0 Å². The minimum atomic E-state index is -4.34. The van der Waals surface area contributed by atoms with Crippen LogP contribution in [0.1, 0.15) is 277 Å². The Kier molecular flexibility index (Phi) is 53.2. The largest absolute Gasteiger partial charge is 0.472 e. The highest BCUT2D eigenvalue weighted by Crippen LogP contribution is 2.43. The van der Waals surface area contributed by atoms with Gasteiger partial charge in [0.15, 0.2) is 0 Å². The van der Waals surface area contributed by atoms with Crippen molar-refractivity contribution in [1.29, 1.82) is 0 Å². The Bertz CT molecular complexity index is 1420. The summed E-state index contributed by atoms with van der Waals surface area (Å²) in [6.45, 7) is 4.71. The molecule has 0 bridgehead atoms. The van der Waals surface area contributed by atoms with Crippen LogP contribution in [0.25, 0.3) is 0 Å². The van der Waals surface area contributed by atoms with Crippen molar-refractivity contribution in [3.05, 3.63) is 72.9 Å². The first kappa shape index (κ1) is 70.9. The summed E-state index contributed by atoms with van der Waals surface area (Å²) in [5.74, 6) is -0.175. The second kappa shape index (κ2) is 54.7. The highest BCUT2D eigenvalue weighted by atomic mass is 31.2. The molecule has 9 heteroatoms. The molecule has 8 nitrogen and oxygen atoms in total. The molecular weight excluding hydrogens is 924 g/mol. The summed E-state index contributed by atoms with van der Waals surface area (Å²) in [6.07, 6.45) is 76.1. The van der Waals surface area contributed by atoms with Gasteiger partial charge in [0.2, 0.25) is 5.91 Å². The fourth-order valence-electron chi connectivity index (χ4n) is 8.89. The normalized spacial score (nSPS) is 14.3. The molecule has 0 heterocycles. The maximum Gasteiger partial charge on any atom is 0.472 e. The summed E-state index contributed by atoms with van der Waals surface area (Å²) in [7, 11) is 1.58. The number of quaternary nitrogens is 1. The second-order valence-corrected chi connectivity index (χ2v) is 23.5. The minimum absolute atomic E-state index is 0.0617. The van der Waals surface area contributed by atoms with E-state index in [0.717, 1.165) is 70.6 Å². The van der Waals surface area contributed by atoms with Gasteiger partial charge in [-0.15, -0.1) is 0 Å². The number of rotatable bonds is 56. The summed E-state index contributed by atoms with van der Waals surface area (Å²) in [4.78, 5) is 23.3. The van der Waals surface area contributed by atoms with Crippen molar-refractivity contribution in [3.8, 4) is 0 Å². The molecular formula is C64H120N2O6P+. The number of phosphoric acid groups is 1. The topological polar surface area (TPSA) is 105 Å². The maximum absolute atomic E-state index is 13.0. The number of carbonyl (C=O) groups excluding carboxylic acids is 1. The van der Waals surface area contributed by atoms with Crippen LogP contribution >= 0.6 is 7.82 Å². The Hall–Kier alpha value is -2.06. The van der Waals surface area contributed by atoms with Crippen LogP contribution in [-0.4, -0.2) is 73.4 Å². The van der Waals surface area contributed by atoms with Crippen molar-refractivity contribution in [1.82, 2.24) is 5.32 Å². The van der Waals surface area contributed by atoms with E-state index in [1.165, 1.54) is 186 Å². The number of aliphatic hydroxyl groups excluding tert-OH is 1. The van der Waals surface area contributed by atoms with E-state index in [-0.39, 0.29) is 19.1 Å². The molecule has 0 aliphatic rings. The summed E-state index contributed by atoms with van der Waals surface area (Å²) in [5.41, 5.74) is 0. The first-order valence-corrected chi connectivity index (χ1v) is 32.3. The average Bonchev–Trinajstić information content (AvgIpc) is 3.35. The number of nitrogens with one attached hydrogen (secondary N) is 1. The van der Waals surface area contributed by atoms with Crippen molar-refractivity contribution in [2.24, 2.45) is 0 Å². The number of likely N-dealkylation sites (N-methyl/N-ethyl adjacent to an activating group) is 1. The molecule has 0 aliphatic heterocycles. The molecule has 0 fully saturated rings. The second-order valence-electron chi connectivity index (χ2n) is 22.1. The molecule has 1 amide bonds. The predicted molar refractivity (Wildman–Crippen MR) is 318 cm³/mol.